The Labute approximate surface area is 135 Å². The van der Waals surface area contributed by atoms with Crippen molar-refractivity contribution in [2.75, 3.05) is 0 Å². The zero-order chi connectivity index (χ0) is 17.2. The summed E-state index contributed by atoms with van der Waals surface area (Å²) in [6.45, 7) is 5.34. The molecule has 6 nitrogen and oxygen atoms in total. The second-order valence-corrected chi connectivity index (χ2v) is 8.34. The number of carbonyl (C=O) groups excluding carboxylic acids is 1. The number of carbonyl (C=O) groups is 1. The van der Waals surface area contributed by atoms with Crippen LogP contribution in [0, 0.1) is 5.82 Å². The van der Waals surface area contributed by atoms with E-state index < -0.39 is 20.9 Å². The fraction of sp³-hybridized carbons (Fsp3) is 0.533. The van der Waals surface area contributed by atoms with Gasteiger partial charge in [-0.3, -0.25) is 15.6 Å². The molecule has 3 N–H and O–H groups in total. The molecule has 23 heavy (non-hydrogen) atoms. The second kappa shape index (κ2) is 6.94. The molecule has 0 spiro atoms. The number of hydrazine groups is 1. The van der Waals surface area contributed by atoms with E-state index >= 15 is 0 Å². The molecule has 1 aromatic carbocycles. The van der Waals surface area contributed by atoms with Crippen molar-refractivity contribution < 1.29 is 17.6 Å². The van der Waals surface area contributed by atoms with Crippen molar-refractivity contribution in [1.29, 1.82) is 0 Å². The molecule has 3 unspecified atom stereocenters. The van der Waals surface area contributed by atoms with Crippen molar-refractivity contribution in [3.05, 3.63) is 30.1 Å². The molecule has 0 aliphatic carbocycles. The van der Waals surface area contributed by atoms with E-state index in [-0.39, 0.29) is 35.3 Å². The third-order valence-electron chi connectivity index (χ3n) is 4.09. The maximum atomic E-state index is 12.9. The van der Waals surface area contributed by atoms with Crippen LogP contribution >= 0.6 is 0 Å². The Morgan fingerprint density at radius 2 is 1.74 bits per heavy atom. The molecule has 0 aromatic heterocycles. The second-order valence-electron chi connectivity index (χ2n) is 5.97. The number of amides is 1. The van der Waals surface area contributed by atoms with Crippen LogP contribution in [0.15, 0.2) is 29.2 Å². The monoisotopic (exact) mass is 343 g/mol. The van der Waals surface area contributed by atoms with E-state index in [1.807, 2.05) is 13.8 Å². The van der Waals surface area contributed by atoms with E-state index in [9.17, 15) is 17.6 Å². The van der Waals surface area contributed by atoms with Gasteiger partial charge in [0.15, 0.2) is 9.84 Å². The summed E-state index contributed by atoms with van der Waals surface area (Å²) in [6.07, 6.45) is -0.143. The highest BCUT2D eigenvalue weighted by molar-refractivity contribution is 7.92. The Kier molecular flexibility index (Phi) is 5.38. The first-order chi connectivity index (χ1) is 10.7. The summed E-state index contributed by atoms with van der Waals surface area (Å²) in [6, 6.07) is 4.62. The van der Waals surface area contributed by atoms with E-state index in [0.717, 1.165) is 12.1 Å². The van der Waals surface area contributed by atoms with E-state index in [2.05, 4.69) is 16.2 Å². The van der Waals surface area contributed by atoms with Crippen LogP contribution in [0.5, 0.6) is 0 Å². The van der Waals surface area contributed by atoms with Crippen molar-refractivity contribution >= 4 is 15.7 Å². The number of hydrogen-bond acceptors (Lipinski definition) is 5. The number of nitrogens with one attached hydrogen (secondary N) is 3. The summed E-state index contributed by atoms with van der Waals surface area (Å²) in [5.74, 6) is -0.823. The number of hydrogen-bond donors (Lipinski definition) is 3. The first-order valence-electron chi connectivity index (χ1n) is 7.51. The Hall–Kier alpha value is -1.51. The number of halogens is 1. The smallest absolute Gasteiger partial charge is 0.221 e. The molecule has 0 radical (unpaired) electrons. The number of sulfone groups is 1. The Bertz CT molecular complexity index is 653. The van der Waals surface area contributed by atoms with Crippen molar-refractivity contribution in [1.82, 2.24) is 16.2 Å². The summed E-state index contributed by atoms with van der Waals surface area (Å²) in [5, 5.41) is 1.97. The van der Waals surface area contributed by atoms with Crippen molar-refractivity contribution in [2.24, 2.45) is 0 Å². The van der Waals surface area contributed by atoms with Crippen LogP contribution in [0.25, 0.3) is 0 Å². The summed E-state index contributed by atoms with van der Waals surface area (Å²) < 4.78 is 37.8. The molecule has 8 heteroatoms. The predicted molar refractivity (Wildman–Crippen MR) is 84.8 cm³/mol. The van der Waals surface area contributed by atoms with Crippen LogP contribution in [-0.4, -0.2) is 37.7 Å². The fourth-order valence-electron chi connectivity index (χ4n) is 2.60. The van der Waals surface area contributed by atoms with Crippen LogP contribution in [0.2, 0.25) is 0 Å². The van der Waals surface area contributed by atoms with Crippen LogP contribution in [0.4, 0.5) is 4.39 Å². The standard InChI is InChI=1S/C15H22FN3O3S/c1-9(23(21,22)13-6-4-12(16)5-7-13)8-14(20)17-15-10(2)18-19-11(15)3/h4-7,9-11,15,18-19H,8H2,1-3H3,(H,17,20). The van der Waals surface area contributed by atoms with Gasteiger partial charge < -0.3 is 5.32 Å². The third kappa shape index (κ3) is 4.07. The molecule has 2 rings (SSSR count). The molecule has 1 fully saturated rings. The minimum atomic E-state index is -3.67. The zero-order valence-electron chi connectivity index (χ0n) is 13.3. The summed E-state index contributed by atoms with van der Waals surface area (Å²) in [7, 11) is -3.67. The third-order valence-corrected chi connectivity index (χ3v) is 6.24. The maximum Gasteiger partial charge on any atom is 0.221 e. The van der Waals surface area contributed by atoms with Gasteiger partial charge in [-0.15, -0.1) is 0 Å². The topological polar surface area (TPSA) is 87.3 Å². The molecule has 3 atom stereocenters. The lowest BCUT2D eigenvalue weighted by Gasteiger charge is -2.21. The molecule has 1 aromatic rings. The van der Waals surface area contributed by atoms with Gasteiger partial charge in [-0.05, 0) is 45.0 Å². The Morgan fingerprint density at radius 1 is 1.22 bits per heavy atom. The lowest BCUT2D eigenvalue weighted by molar-refractivity contribution is -0.121. The molecular weight excluding hydrogens is 321 g/mol. The highest BCUT2D eigenvalue weighted by atomic mass is 32.2. The quantitative estimate of drug-likeness (QED) is 0.687. The molecule has 128 valence electrons. The Balaban J connectivity index is 2.01. The van der Waals surface area contributed by atoms with E-state index in [1.54, 1.807) is 0 Å². The van der Waals surface area contributed by atoms with Gasteiger partial charge in [0.25, 0.3) is 0 Å². The van der Waals surface area contributed by atoms with Gasteiger partial charge >= 0.3 is 0 Å². The van der Waals surface area contributed by atoms with E-state index in [4.69, 9.17) is 0 Å². The lowest BCUT2D eigenvalue weighted by Crippen LogP contribution is -2.47. The van der Waals surface area contributed by atoms with E-state index in [0.29, 0.717) is 0 Å². The van der Waals surface area contributed by atoms with Crippen molar-refractivity contribution in [3.63, 3.8) is 0 Å². The molecule has 1 aliphatic heterocycles. The molecule has 1 saturated heterocycles. The van der Waals surface area contributed by atoms with Gasteiger partial charge in [-0.2, -0.15) is 0 Å². The van der Waals surface area contributed by atoms with Gasteiger partial charge in [0.1, 0.15) is 5.82 Å². The molecule has 1 amide bonds. The van der Waals surface area contributed by atoms with Gasteiger partial charge in [0, 0.05) is 18.5 Å². The largest absolute Gasteiger partial charge is 0.350 e. The normalized spacial score (nSPS) is 26.0. The Morgan fingerprint density at radius 3 is 2.26 bits per heavy atom. The first-order valence-corrected chi connectivity index (χ1v) is 9.06. The zero-order valence-corrected chi connectivity index (χ0v) is 14.2. The average Bonchev–Trinajstić information content (AvgIpc) is 2.79. The summed E-state index contributed by atoms with van der Waals surface area (Å²) in [5.41, 5.74) is 6.04. The summed E-state index contributed by atoms with van der Waals surface area (Å²) in [4.78, 5) is 12.2. The summed E-state index contributed by atoms with van der Waals surface area (Å²) >= 11 is 0. The average molecular weight is 343 g/mol. The molecular formula is C15H22FN3O3S. The van der Waals surface area contributed by atoms with Crippen LogP contribution in [-0.2, 0) is 14.6 Å². The number of benzene rings is 1. The fourth-order valence-corrected chi connectivity index (χ4v) is 3.95. The molecule has 1 heterocycles. The van der Waals surface area contributed by atoms with Crippen molar-refractivity contribution in [3.8, 4) is 0 Å². The molecule has 0 saturated carbocycles. The molecule has 0 bridgehead atoms. The maximum absolute atomic E-state index is 12.9. The van der Waals surface area contributed by atoms with Crippen LogP contribution in [0.3, 0.4) is 0 Å². The van der Waals surface area contributed by atoms with Gasteiger partial charge in [-0.1, -0.05) is 0 Å². The predicted octanol–water partition coefficient (Wildman–Crippen LogP) is 0.748. The number of rotatable bonds is 5. The highest BCUT2D eigenvalue weighted by Gasteiger charge is 2.32. The minimum absolute atomic E-state index is 0.0186. The van der Waals surface area contributed by atoms with Crippen LogP contribution < -0.4 is 16.2 Å². The van der Waals surface area contributed by atoms with E-state index in [1.165, 1.54) is 19.1 Å². The lowest BCUT2D eigenvalue weighted by atomic mass is 10.1. The first kappa shape index (κ1) is 17.8. The van der Waals surface area contributed by atoms with Gasteiger partial charge in [0.2, 0.25) is 5.91 Å². The van der Waals surface area contributed by atoms with Gasteiger partial charge in [0.05, 0.1) is 16.2 Å². The van der Waals surface area contributed by atoms with Crippen LogP contribution in [0.1, 0.15) is 27.2 Å². The van der Waals surface area contributed by atoms with Gasteiger partial charge in [-0.25, -0.2) is 12.8 Å². The van der Waals surface area contributed by atoms with Crippen molar-refractivity contribution in [2.45, 2.75) is 55.5 Å². The SMILES string of the molecule is CC1NNC(C)C1NC(=O)CC(C)S(=O)(=O)c1ccc(F)cc1. The minimum Gasteiger partial charge on any atom is -0.350 e. The highest BCUT2D eigenvalue weighted by Crippen LogP contribution is 2.19. The molecule has 1 aliphatic rings.